The van der Waals surface area contributed by atoms with E-state index in [9.17, 15) is 12.8 Å². The second kappa shape index (κ2) is 6.56. The van der Waals surface area contributed by atoms with Crippen LogP contribution in [0.25, 0.3) is 11.3 Å². The van der Waals surface area contributed by atoms with E-state index in [0.29, 0.717) is 5.69 Å². The number of benzene rings is 1. The highest BCUT2D eigenvalue weighted by atomic mass is 32.2. The van der Waals surface area contributed by atoms with Gasteiger partial charge >= 0.3 is 0 Å². The monoisotopic (exact) mass is 358 g/mol. The number of aryl methyl sites for hydroxylation is 1. The largest absolute Gasteiger partial charge is 0.322 e. The molecule has 0 aliphatic carbocycles. The Hall–Kier alpha value is -2.87. The third kappa shape index (κ3) is 3.63. The van der Waals surface area contributed by atoms with E-state index in [0.717, 1.165) is 17.4 Å². The molecule has 0 spiro atoms. The average molecular weight is 358 g/mol. The van der Waals surface area contributed by atoms with Gasteiger partial charge in [0.1, 0.15) is 4.90 Å². The number of hydrogen-bond acceptors (Lipinski definition) is 6. The Morgan fingerprint density at radius 1 is 1.12 bits per heavy atom. The number of nitrogens with zero attached hydrogens (tertiary/aromatic N) is 3. The maximum Gasteiger partial charge on any atom is 0.227 e. The van der Waals surface area contributed by atoms with Gasteiger partial charge in [-0.05, 0) is 36.8 Å². The first kappa shape index (κ1) is 17.0. The van der Waals surface area contributed by atoms with E-state index in [2.05, 4.69) is 20.3 Å². The summed E-state index contributed by atoms with van der Waals surface area (Å²) in [5.41, 5.74) is 2.29. The first-order chi connectivity index (χ1) is 11.9. The van der Waals surface area contributed by atoms with Crippen LogP contribution < -0.4 is 5.32 Å². The Balaban J connectivity index is 2.00. The number of aromatic nitrogens is 3. The molecule has 1 aromatic carbocycles. The Kier molecular flexibility index (Phi) is 4.45. The third-order valence-corrected chi connectivity index (χ3v) is 4.63. The SMILES string of the molecule is Cc1cnc(Nc2cccc(S(C)(=O)=O)c2F)nc1-c1cccnc1. The van der Waals surface area contributed by atoms with Crippen molar-refractivity contribution in [3.8, 4) is 11.3 Å². The van der Waals surface area contributed by atoms with Crippen LogP contribution in [0.5, 0.6) is 0 Å². The molecule has 0 bridgehead atoms. The van der Waals surface area contributed by atoms with Crippen molar-refractivity contribution in [2.45, 2.75) is 11.8 Å². The number of anilines is 2. The van der Waals surface area contributed by atoms with Gasteiger partial charge in [0.25, 0.3) is 0 Å². The Bertz CT molecular complexity index is 1020. The number of nitrogens with one attached hydrogen (secondary N) is 1. The Morgan fingerprint density at radius 2 is 1.92 bits per heavy atom. The number of rotatable bonds is 4. The molecular weight excluding hydrogens is 343 g/mol. The topological polar surface area (TPSA) is 84.8 Å². The van der Waals surface area contributed by atoms with Crippen LogP contribution in [0.1, 0.15) is 5.56 Å². The second-order valence-corrected chi connectivity index (χ2v) is 7.47. The molecule has 25 heavy (non-hydrogen) atoms. The quantitative estimate of drug-likeness (QED) is 0.771. The zero-order valence-corrected chi connectivity index (χ0v) is 14.4. The molecule has 2 heterocycles. The van der Waals surface area contributed by atoms with E-state index in [1.165, 1.54) is 18.2 Å². The minimum atomic E-state index is -3.67. The summed E-state index contributed by atoms with van der Waals surface area (Å²) in [6.07, 6.45) is 5.89. The molecule has 128 valence electrons. The van der Waals surface area contributed by atoms with Crippen molar-refractivity contribution in [3.63, 3.8) is 0 Å². The lowest BCUT2D eigenvalue weighted by atomic mass is 10.1. The first-order valence-corrected chi connectivity index (χ1v) is 9.25. The predicted octanol–water partition coefficient (Wildman–Crippen LogP) is 3.13. The van der Waals surface area contributed by atoms with Crippen LogP contribution in [-0.2, 0) is 9.84 Å². The molecule has 1 N–H and O–H groups in total. The van der Waals surface area contributed by atoms with Crippen LogP contribution in [0.15, 0.2) is 53.8 Å². The van der Waals surface area contributed by atoms with Crippen molar-refractivity contribution in [1.29, 1.82) is 0 Å². The molecule has 0 aliphatic heterocycles. The van der Waals surface area contributed by atoms with Crippen molar-refractivity contribution in [1.82, 2.24) is 15.0 Å². The van der Waals surface area contributed by atoms with Crippen molar-refractivity contribution >= 4 is 21.5 Å². The molecule has 0 radical (unpaired) electrons. The van der Waals surface area contributed by atoms with Gasteiger partial charge in [-0.2, -0.15) is 0 Å². The fourth-order valence-corrected chi connectivity index (χ4v) is 3.07. The van der Waals surface area contributed by atoms with E-state index in [4.69, 9.17) is 0 Å². The number of pyridine rings is 1. The third-order valence-electron chi connectivity index (χ3n) is 3.52. The molecule has 0 saturated heterocycles. The van der Waals surface area contributed by atoms with Gasteiger partial charge in [-0.15, -0.1) is 0 Å². The van der Waals surface area contributed by atoms with Crippen LogP contribution >= 0.6 is 0 Å². The summed E-state index contributed by atoms with van der Waals surface area (Å²) in [4.78, 5) is 12.2. The maximum absolute atomic E-state index is 14.4. The Morgan fingerprint density at radius 3 is 2.60 bits per heavy atom. The molecule has 0 aliphatic rings. The highest BCUT2D eigenvalue weighted by Gasteiger charge is 2.17. The van der Waals surface area contributed by atoms with Gasteiger partial charge in [0.2, 0.25) is 5.95 Å². The molecule has 0 unspecified atom stereocenters. The van der Waals surface area contributed by atoms with E-state index in [1.54, 1.807) is 24.7 Å². The summed E-state index contributed by atoms with van der Waals surface area (Å²) in [7, 11) is -3.67. The number of halogens is 1. The summed E-state index contributed by atoms with van der Waals surface area (Å²) < 4.78 is 37.7. The van der Waals surface area contributed by atoms with E-state index in [-0.39, 0.29) is 16.5 Å². The van der Waals surface area contributed by atoms with Crippen molar-refractivity contribution in [3.05, 3.63) is 60.3 Å². The van der Waals surface area contributed by atoms with Gasteiger partial charge in [-0.25, -0.2) is 22.8 Å². The Labute approximate surface area is 144 Å². The molecule has 3 rings (SSSR count). The standard InChI is InChI=1S/C17H15FN4O2S/c1-11-9-20-17(22-16(11)12-5-4-8-19-10-12)21-13-6-3-7-14(15(13)18)25(2,23)24/h3-10H,1-2H3,(H,20,21,22). The molecular formula is C17H15FN4O2S. The minimum Gasteiger partial charge on any atom is -0.322 e. The van der Waals surface area contributed by atoms with Crippen molar-refractivity contribution in [2.75, 3.05) is 11.6 Å². The molecule has 0 saturated carbocycles. The van der Waals surface area contributed by atoms with Gasteiger partial charge in [-0.1, -0.05) is 6.07 Å². The van der Waals surface area contributed by atoms with Crippen LogP contribution in [0.3, 0.4) is 0 Å². The highest BCUT2D eigenvalue weighted by Crippen LogP contribution is 2.26. The van der Waals surface area contributed by atoms with Crippen molar-refractivity contribution in [2.24, 2.45) is 0 Å². The normalized spacial score (nSPS) is 11.3. The fraction of sp³-hybridized carbons (Fsp3) is 0.118. The molecule has 3 aromatic rings. The summed E-state index contributed by atoms with van der Waals surface area (Å²) in [6, 6.07) is 7.75. The summed E-state index contributed by atoms with van der Waals surface area (Å²) >= 11 is 0. The average Bonchev–Trinajstić information content (AvgIpc) is 2.58. The zero-order chi connectivity index (χ0) is 18.0. The van der Waals surface area contributed by atoms with E-state index in [1.807, 2.05) is 13.0 Å². The van der Waals surface area contributed by atoms with Gasteiger partial charge in [-0.3, -0.25) is 4.98 Å². The minimum absolute atomic E-state index is 0.0103. The second-order valence-electron chi connectivity index (χ2n) is 5.48. The molecule has 6 nitrogen and oxygen atoms in total. The maximum atomic E-state index is 14.4. The lowest BCUT2D eigenvalue weighted by Gasteiger charge is -2.11. The summed E-state index contributed by atoms with van der Waals surface area (Å²) in [5.74, 6) is -0.703. The van der Waals surface area contributed by atoms with Gasteiger partial charge in [0.15, 0.2) is 15.7 Å². The van der Waals surface area contributed by atoms with Crippen molar-refractivity contribution < 1.29 is 12.8 Å². The molecule has 8 heteroatoms. The van der Waals surface area contributed by atoms with Gasteiger partial charge in [0.05, 0.1) is 11.4 Å². The lowest BCUT2D eigenvalue weighted by molar-refractivity contribution is 0.573. The van der Waals surface area contributed by atoms with Crippen LogP contribution in [0, 0.1) is 12.7 Å². The fourth-order valence-electron chi connectivity index (χ4n) is 2.31. The number of hydrogen-bond donors (Lipinski definition) is 1. The molecule has 0 atom stereocenters. The molecule has 2 aromatic heterocycles. The number of sulfone groups is 1. The summed E-state index contributed by atoms with van der Waals surface area (Å²) in [6.45, 7) is 1.86. The lowest BCUT2D eigenvalue weighted by Crippen LogP contribution is -2.06. The summed E-state index contributed by atoms with van der Waals surface area (Å²) in [5, 5.41) is 2.74. The molecule has 0 amide bonds. The first-order valence-electron chi connectivity index (χ1n) is 7.36. The van der Waals surface area contributed by atoms with Gasteiger partial charge < -0.3 is 5.32 Å². The zero-order valence-electron chi connectivity index (χ0n) is 13.6. The smallest absolute Gasteiger partial charge is 0.227 e. The van der Waals surface area contributed by atoms with E-state index < -0.39 is 15.7 Å². The predicted molar refractivity (Wildman–Crippen MR) is 92.8 cm³/mol. The van der Waals surface area contributed by atoms with E-state index >= 15 is 0 Å². The van der Waals surface area contributed by atoms with Gasteiger partial charge in [0, 0.05) is 30.4 Å². The van der Waals surface area contributed by atoms with Crippen LogP contribution in [-0.4, -0.2) is 29.6 Å². The van der Waals surface area contributed by atoms with Crippen LogP contribution in [0.4, 0.5) is 16.0 Å². The van der Waals surface area contributed by atoms with Crippen LogP contribution in [0.2, 0.25) is 0 Å². The highest BCUT2D eigenvalue weighted by molar-refractivity contribution is 7.90. The molecule has 0 fully saturated rings.